The van der Waals surface area contributed by atoms with Gasteiger partial charge in [0.15, 0.2) is 16.1 Å². The minimum absolute atomic E-state index is 0.00806. The summed E-state index contributed by atoms with van der Waals surface area (Å²) in [5.41, 5.74) is 0. The third kappa shape index (κ3) is 5.60. The van der Waals surface area contributed by atoms with Crippen LogP contribution in [0.3, 0.4) is 0 Å². The third-order valence-corrected chi connectivity index (χ3v) is 4.72. The van der Waals surface area contributed by atoms with Crippen LogP contribution in [0.25, 0.3) is 0 Å². The first-order chi connectivity index (χ1) is 8.99. The first-order valence-electron chi connectivity index (χ1n) is 6.21. The molecule has 0 aliphatic heterocycles. The van der Waals surface area contributed by atoms with E-state index in [2.05, 4.69) is 15.9 Å². The van der Waals surface area contributed by atoms with E-state index in [1.807, 2.05) is 13.8 Å². The van der Waals surface area contributed by atoms with Gasteiger partial charge in [0, 0.05) is 24.1 Å². The van der Waals surface area contributed by atoms with Crippen LogP contribution < -0.4 is 0 Å². The molecule has 0 heterocycles. The van der Waals surface area contributed by atoms with Crippen molar-refractivity contribution in [1.82, 2.24) is 0 Å². The number of hydrogen-bond acceptors (Lipinski definition) is 4. The van der Waals surface area contributed by atoms with Crippen molar-refractivity contribution in [1.29, 1.82) is 0 Å². The predicted molar refractivity (Wildman–Crippen MR) is 77.9 cm³/mol. The molecule has 0 fully saturated rings. The molecule has 1 rings (SSSR count). The molecule has 0 spiro atoms. The lowest BCUT2D eigenvalue weighted by Crippen LogP contribution is -2.21. The van der Waals surface area contributed by atoms with Crippen molar-refractivity contribution in [2.24, 2.45) is 0 Å². The van der Waals surface area contributed by atoms with E-state index in [0.717, 1.165) is 4.47 Å². The van der Waals surface area contributed by atoms with E-state index in [9.17, 15) is 8.42 Å². The van der Waals surface area contributed by atoms with Crippen LogP contribution in [0.15, 0.2) is 33.6 Å². The molecule has 108 valence electrons. The van der Waals surface area contributed by atoms with Crippen molar-refractivity contribution in [2.75, 3.05) is 19.0 Å². The second-order valence-electron chi connectivity index (χ2n) is 3.91. The lowest BCUT2D eigenvalue weighted by molar-refractivity contribution is -0.136. The summed E-state index contributed by atoms with van der Waals surface area (Å²) in [6.07, 6.45) is -0.131. The molecule has 0 amide bonds. The van der Waals surface area contributed by atoms with Crippen molar-refractivity contribution in [3.05, 3.63) is 28.7 Å². The molecule has 0 aromatic heterocycles. The Morgan fingerprint density at radius 2 is 1.84 bits per heavy atom. The Balaban J connectivity index is 2.69. The van der Waals surface area contributed by atoms with Crippen LogP contribution in [0.5, 0.6) is 0 Å². The van der Waals surface area contributed by atoms with Gasteiger partial charge in [-0.25, -0.2) is 8.42 Å². The smallest absolute Gasteiger partial charge is 0.178 e. The van der Waals surface area contributed by atoms with Gasteiger partial charge in [0.1, 0.15) is 0 Å². The van der Waals surface area contributed by atoms with Crippen LogP contribution in [0.1, 0.15) is 20.3 Å². The number of rotatable bonds is 8. The lowest BCUT2D eigenvalue weighted by Gasteiger charge is -2.16. The second kappa shape index (κ2) is 7.99. The highest BCUT2D eigenvalue weighted by Crippen LogP contribution is 2.18. The van der Waals surface area contributed by atoms with E-state index < -0.39 is 16.1 Å². The molecule has 0 radical (unpaired) electrons. The summed E-state index contributed by atoms with van der Waals surface area (Å²) in [5.74, 6) is 0.00806. The first-order valence-corrected chi connectivity index (χ1v) is 8.65. The van der Waals surface area contributed by atoms with Crippen LogP contribution >= 0.6 is 15.9 Å². The summed E-state index contributed by atoms with van der Waals surface area (Å²) in [4.78, 5) is 0.314. The Labute approximate surface area is 123 Å². The summed E-state index contributed by atoms with van der Waals surface area (Å²) < 4.78 is 35.8. The van der Waals surface area contributed by atoms with Crippen LogP contribution in [-0.4, -0.2) is 33.7 Å². The predicted octanol–water partition coefficient (Wildman–Crippen LogP) is 3.01. The molecule has 4 nitrogen and oxygen atoms in total. The molecule has 0 bridgehead atoms. The van der Waals surface area contributed by atoms with E-state index in [1.165, 1.54) is 0 Å². The van der Waals surface area contributed by atoms with Crippen molar-refractivity contribution >= 4 is 25.8 Å². The highest BCUT2D eigenvalue weighted by molar-refractivity contribution is 9.10. The molecule has 1 aromatic rings. The van der Waals surface area contributed by atoms with Crippen LogP contribution in [-0.2, 0) is 19.3 Å². The largest absolute Gasteiger partial charge is 0.353 e. The molecule has 0 atom stereocenters. The fourth-order valence-corrected chi connectivity index (χ4v) is 3.50. The van der Waals surface area contributed by atoms with Crippen LogP contribution in [0, 0.1) is 0 Å². The van der Waals surface area contributed by atoms with Gasteiger partial charge in [0.2, 0.25) is 0 Å². The molecular formula is C13H19BrO4S. The topological polar surface area (TPSA) is 52.6 Å². The molecule has 0 saturated heterocycles. The van der Waals surface area contributed by atoms with Crippen molar-refractivity contribution in [3.8, 4) is 0 Å². The maximum Gasteiger partial charge on any atom is 0.178 e. The minimum atomic E-state index is -3.30. The zero-order valence-corrected chi connectivity index (χ0v) is 13.5. The van der Waals surface area contributed by atoms with Gasteiger partial charge in [-0.15, -0.1) is 0 Å². The fraction of sp³-hybridized carbons (Fsp3) is 0.538. The van der Waals surface area contributed by atoms with E-state index in [-0.39, 0.29) is 5.75 Å². The number of hydrogen-bond donors (Lipinski definition) is 0. The molecule has 0 unspecified atom stereocenters. The zero-order valence-electron chi connectivity index (χ0n) is 11.1. The lowest BCUT2D eigenvalue weighted by atomic mass is 10.4. The van der Waals surface area contributed by atoms with Gasteiger partial charge in [-0.05, 0) is 32.0 Å². The van der Waals surface area contributed by atoms with E-state index >= 15 is 0 Å². The Morgan fingerprint density at radius 1 is 1.21 bits per heavy atom. The van der Waals surface area contributed by atoms with Gasteiger partial charge in [-0.1, -0.05) is 22.0 Å². The Bertz CT molecular complexity index is 481. The van der Waals surface area contributed by atoms with E-state index in [0.29, 0.717) is 24.5 Å². The molecular weight excluding hydrogens is 332 g/mol. The van der Waals surface area contributed by atoms with E-state index in [4.69, 9.17) is 9.47 Å². The van der Waals surface area contributed by atoms with Crippen LogP contribution in [0.2, 0.25) is 0 Å². The molecule has 0 N–H and O–H groups in total. The summed E-state index contributed by atoms with van der Waals surface area (Å²) >= 11 is 3.27. The minimum Gasteiger partial charge on any atom is -0.353 e. The normalized spacial score (nSPS) is 12.0. The molecule has 6 heteroatoms. The SMILES string of the molecule is CCOC(CCS(=O)(=O)c1cccc(Br)c1)OCC. The number of halogens is 1. The standard InChI is InChI=1S/C13H19BrO4S/c1-3-17-13(18-4-2)8-9-19(15,16)12-7-5-6-11(14)10-12/h5-7,10,13H,3-4,8-9H2,1-2H3. The molecule has 1 aromatic carbocycles. The van der Waals surface area contributed by atoms with Gasteiger partial charge in [0.05, 0.1) is 10.6 Å². The summed E-state index contributed by atoms with van der Waals surface area (Å²) in [5, 5.41) is 0. The van der Waals surface area contributed by atoms with Crippen molar-refractivity contribution < 1.29 is 17.9 Å². The Hall–Kier alpha value is -0.430. The van der Waals surface area contributed by atoms with Gasteiger partial charge >= 0.3 is 0 Å². The maximum atomic E-state index is 12.2. The van der Waals surface area contributed by atoms with Gasteiger partial charge in [0.25, 0.3) is 0 Å². The van der Waals surface area contributed by atoms with Crippen molar-refractivity contribution in [2.45, 2.75) is 31.5 Å². The summed E-state index contributed by atoms with van der Waals surface area (Å²) in [7, 11) is -3.30. The number of benzene rings is 1. The molecule has 19 heavy (non-hydrogen) atoms. The quantitative estimate of drug-likeness (QED) is 0.676. The van der Waals surface area contributed by atoms with Crippen molar-refractivity contribution in [3.63, 3.8) is 0 Å². The average Bonchev–Trinajstić information content (AvgIpc) is 2.37. The zero-order chi connectivity index (χ0) is 14.3. The fourth-order valence-electron chi connectivity index (χ4n) is 1.62. The first kappa shape index (κ1) is 16.6. The Kier molecular flexibility index (Phi) is 6.99. The third-order valence-electron chi connectivity index (χ3n) is 2.48. The van der Waals surface area contributed by atoms with E-state index in [1.54, 1.807) is 24.3 Å². The highest BCUT2D eigenvalue weighted by atomic mass is 79.9. The number of sulfone groups is 1. The van der Waals surface area contributed by atoms with Gasteiger partial charge in [-0.2, -0.15) is 0 Å². The van der Waals surface area contributed by atoms with Gasteiger partial charge < -0.3 is 9.47 Å². The Morgan fingerprint density at radius 3 is 2.37 bits per heavy atom. The number of ether oxygens (including phenoxy) is 2. The summed E-state index contributed by atoms with van der Waals surface area (Å²) in [6.45, 7) is 4.72. The molecule has 0 saturated carbocycles. The summed E-state index contributed by atoms with van der Waals surface area (Å²) in [6, 6.07) is 6.70. The molecule has 0 aliphatic rings. The highest BCUT2D eigenvalue weighted by Gasteiger charge is 2.18. The average molecular weight is 351 g/mol. The maximum absolute atomic E-state index is 12.2. The second-order valence-corrected chi connectivity index (χ2v) is 6.93. The molecule has 0 aliphatic carbocycles. The van der Waals surface area contributed by atoms with Gasteiger partial charge in [-0.3, -0.25) is 0 Å². The monoisotopic (exact) mass is 350 g/mol. The van der Waals surface area contributed by atoms with Crippen LogP contribution in [0.4, 0.5) is 0 Å².